The molecule has 1 aromatic carbocycles. The standard InChI is InChI=1S/C13H11ClN2O2/c1-16(10-3-2-6-15-8-10)13(18)11-7-9(14)4-5-12(11)17/h2-8,17H,1H3. The maximum absolute atomic E-state index is 12.2. The number of phenolic OH excluding ortho intramolecular Hbond substituents is 1. The Morgan fingerprint density at radius 3 is 2.83 bits per heavy atom. The van der Waals surface area contributed by atoms with Gasteiger partial charge in [-0.15, -0.1) is 0 Å². The number of carbonyl (C=O) groups is 1. The van der Waals surface area contributed by atoms with E-state index in [4.69, 9.17) is 11.6 Å². The number of rotatable bonds is 2. The van der Waals surface area contributed by atoms with Gasteiger partial charge in [-0.3, -0.25) is 9.78 Å². The summed E-state index contributed by atoms with van der Waals surface area (Å²) in [5.74, 6) is -0.442. The molecule has 0 unspecified atom stereocenters. The van der Waals surface area contributed by atoms with Crippen LogP contribution in [0.2, 0.25) is 5.02 Å². The average molecular weight is 263 g/mol. The SMILES string of the molecule is CN(C(=O)c1cc(Cl)ccc1O)c1cccnc1. The van der Waals surface area contributed by atoms with Crippen LogP contribution < -0.4 is 4.90 Å². The van der Waals surface area contributed by atoms with Crippen molar-refractivity contribution in [2.75, 3.05) is 11.9 Å². The topological polar surface area (TPSA) is 53.4 Å². The molecule has 1 heterocycles. The first-order valence-electron chi connectivity index (χ1n) is 5.26. The maximum atomic E-state index is 12.2. The fraction of sp³-hybridized carbons (Fsp3) is 0.0769. The predicted octanol–water partition coefficient (Wildman–Crippen LogP) is 2.72. The lowest BCUT2D eigenvalue weighted by atomic mass is 10.1. The second-order valence-corrected chi connectivity index (χ2v) is 4.17. The summed E-state index contributed by atoms with van der Waals surface area (Å²) in [4.78, 5) is 17.5. The van der Waals surface area contributed by atoms with E-state index in [-0.39, 0.29) is 17.2 Å². The van der Waals surface area contributed by atoms with Crippen LogP contribution in [-0.4, -0.2) is 23.0 Å². The van der Waals surface area contributed by atoms with Gasteiger partial charge < -0.3 is 10.0 Å². The number of hydrogen-bond acceptors (Lipinski definition) is 3. The molecular formula is C13H11ClN2O2. The van der Waals surface area contributed by atoms with Gasteiger partial charge in [-0.2, -0.15) is 0 Å². The molecule has 92 valence electrons. The highest BCUT2D eigenvalue weighted by molar-refractivity contribution is 6.31. The van der Waals surface area contributed by atoms with Gasteiger partial charge in [-0.05, 0) is 30.3 Å². The number of hydrogen-bond donors (Lipinski definition) is 1. The quantitative estimate of drug-likeness (QED) is 0.905. The summed E-state index contributed by atoms with van der Waals surface area (Å²) < 4.78 is 0. The third-order valence-corrected chi connectivity index (χ3v) is 2.76. The molecule has 0 fully saturated rings. The van der Waals surface area contributed by atoms with Crippen LogP contribution in [0.5, 0.6) is 5.75 Å². The molecule has 0 aliphatic carbocycles. The first-order chi connectivity index (χ1) is 8.59. The second kappa shape index (κ2) is 5.06. The van der Waals surface area contributed by atoms with E-state index in [9.17, 15) is 9.90 Å². The van der Waals surface area contributed by atoms with E-state index >= 15 is 0 Å². The molecule has 5 heteroatoms. The van der Waals surface area contributed by atoms with Crippen molar-refractivity contribution < 1.29 is 9.90 Å². The number of halogens is 1. The van der Waals surface area contributed by atoms with E-state index in [0.29, 0.717) is 10.7 Å². The van der Waals surface area contributed by atoms with E-state index in [1.54, 1.807) is 31.6 Å². The number of nitrogens with zero attached hydrogens (tertiary/aromatic N) is 2. The number of anilines is 1. The number of pyridine rings is 1. The van der Waals surface area contributed by atoms with Crippen molar-refractivity contribution >= 4 is 23.2 Å². The fourth-order valence-electron chi connectivity index (χ4n) is 1.53. The molecular weight excluding hydrogens is 252 g/mol. The number of benzene rings is 1. The van der Waals surface area contributed by atoms with Gasteiger partial charge in [0.2, 0.25) is 0 Å². The summed E-state index contributed by atoms with van der Waals surface area (Å²) >= 11 is 5.82. The number of amides is 1. The Labute approximate surface area is 109 Å². The van der Waals surface area contributed by atoms with Gasteiger partial charge in [-0.25, -0.2) is 0 Å². The fourth-order valence-corrected chi connectivity index (χ4v) is 1.70. The molecule has 0 spiro atoms. The molecule has 0 saturated heterocycles. The molecule has 1 N–H and O–H groups in total. The molecule has 0 saturated carbocycles. The van der Waals surface area contributed by atoms with Crippen LogP contribution in [0.25, 0.3) is 0 Å². The summed E-state index contributed by atoms with van der Waals surface area (Å²) in [6.07, 6.45) is 3.19. The van der Waals surface area contributed by atoms with Gasteiger partial charge in [-0.1, -0.05) is 11.6 Å². The molecule has 2 rings (SSSR count). The highest BCUT2D eigenvalue weighted by Gasteiger charge is 2.17. The molecule has 18 heavy (non-hydrogen) atoms. The van der Waals surface area contributed by atoms with Crippen LogP contribution in [0.1, 0.15) is 10.4 Å². The summed E-state index contributed by atoms with van der Waals surface area (Å²) in [6, 6.07) is 7.85. The first-order valence-corrected chi connectivity index (χ1v) is 5.64. The first kappa shape index (κ1) is 12.4. The van der Waals surface area contributed by atoms with Gasteiger partial charge >= 0.3 is 0 Å². The Hall–Kier alpha value is -2.07. The van der Waals surface area contributed by atoms with Crippen molar-refractivity contribution in [1.29, 1.82) is 0 Å². The number of phenols is 1. The third kappa shape index (κ3) is 2.43. The van der Waals surface area contributed by atoms with Crippen molar-refractivity contribution in [2.24, 2.45) is 0 Å². The van der Waals surface area contributed by atoms with E-state index in [0.717, 1.165) is 0 Å². The molecule has 0 aliphatic heterocycles. The molecule has 2 aromatic rings. The van der Waals surface area contributed by atoms with Crippen LogP contribution in [0.3, 0.4) is 0 Å². The number of carbonyl (C=O) groups excluding carboxylic acids is 1. The van der Waals surface area contributed by atoms with E-state index in [1.807, 2.05) is 0 Å². The van der Waals surface area contributed by atoms with Gasteiger partial charge in [0.15, 0.2) is 0 Å². The Morgan fingerprint density at radius 2 is 2.17 bits per heavy atom. The Bertz CT molecular complexity index is 572. The van der Waals surface area contributed by atoms with E-state index in [1.165, 1.54) is 23.1 Å². The zero-order valence-corrected chi connectivity index (χ0v) is 10.4. The zero-order chi connectivity index (χ0) is 13.1. The lowest BCUT2D eigenvalue weighted by Crippen LogP contribution is -2.26. The van der Waals surface area contributed by atoms with Gasteiger partial charge in [0, 0.05) is 18.3 Å². The Balaban J connectivity index is 2.34. The molecule has 0 atom stereocenters. The van der Waals surface area contributed by atoms with Gasteiger partial charge in [0.25, 0.3) is 5.91 Å². The molecule has 1 amide bonds. The van der Waals surface area contributed by atoms with Crippen LogP contribution >= 0.6 is 11.6 Å². The predicted molar refractivity (Wildman–Crippen MR) is 70.1 cm³/mol. The monoisotopic (exact) mass is 262 g/mol. The van der Waals surface area contributed by atoms with Crippen molar-refractivity contribution in [1.82, 2.24) is 4.98 Å². The van der Waals surface area contributed by atoms with Crippen LogP contribution in [0.15, 0.2) is 42.7 Å². The summed E-state index contributed by atoms with van der Waals surface area (Å²) in [6.45, 7) is 0. The zero-order valence-electron chi connectivity index (χ0n) is 9.67. The van der Waals surface area contributed by atoms with Crippen molar-refractivity contribution in [3.8, 4) is 5.75 Å². The minimum absolute atomic E-state index is 0.0971. The van der Waals surface area contributed by atoms with Crippen molar-refractivity contribution in [2.45, 2.75) is 0 Å². The number of aromatic hydroxyl groups is 1. The van der Waals surface area contributed by atoms with Crippen molar-refractivity contribution in [3.05, 3.63) is 53.3 Å². The van der Waals surface area contributed by atoms with Crippen molar-refractivity contribution in [3.63, 3.8) is 0 Å². The molecule has 1 aromatic heterocycles. The summed E-state index contributed by atoms with van der Waals surface area (Å²) in [5.41, 5.74) is 0.802. The Morgan fingerprint density at radius 1 is 1.39 bits per heavy atom. The average Bonchev–Trinajstić information content (AvgIpc) is 2.41. The van der Waals surface area contributed by atoms with Gasteiger partial charge in [0.05, 0.1) is 17.4 Å². The second-order valence-electron chi connectivity index (χ2n) is 3.74. The highest BCUT2D eigenvalue weighted by Crippen LogP contribution is 2.24. The Kier molecular flexibility index (Phi) is 3.48. The smallest absolute Gasteiger partial charge is 0.261 e. The largest absolute Gasteiger partial charge is 0.507 e. The van der Waals surface area contributed by atoms with Crippen LogP contribution in [0.4, 0.5) is 5.69 Å². The van der Waals surface area contributed by atoms with Crippen LogP contribution in [0, 0.1) is 0 Å². The highest BCUT2D eigenvalue weighted by atomic mass is 35.5. The lowest BCUT2D eigenvalue weighted by Gasteiger charge is -2.17. The molecule has 4 nitrogen and oxygen atoms in total. The van der Waals surface area contributed by atoms with E-state index < -0.39 is 0 Å². The summed E-state index contributed by atoms with van der Waals surface area (Å²) in [5, 5.41) is 10.1. The molecule has 0 radical (unpaired) electrons. The number of aromatic nitrogens is 1. The normalized spacial score (nSPS) is 10.1. The van der Waals surface area contributed by atoms with Crippen LogP contribution in [-0.2, 0) is 0 Å². The summed E-state index contributed by atoms with van der Waals surface area (Å²) in [7, 11) is 1.61. The minimum Gasteiger partial charge on any atom is -0.507 e. The molecule has 0 bridgehead atoms. The van der Waals surface area contributed by atoms with Gasteiger partial charge in [0.1, 0.15) is 5.75 Å². The third-order valence-electron chi connectivity index (χ3n) is 2.53. The lowest BCUT2D eigenvalue weighted by molar-refractivity contribution is 0.0990. The van der Waals surface area contributed by atoms with E-state index in [2.05, 4.69) is 4.98 Å². The minimum atomic E-state index is -0.344. The molecule has 0 aliphatic rings. The maximum Gasteiger partial charge on any atom is 0.261 e.